The molecule has 3 aliphatic heterocycles. The molecule has 5 rings (SSSR count). The molecule has 1 aromatic rings. The van der Waals surface area contributed by atoms with Gasteiger partial charge < -0.3 is 24.0 Å². The van der Waals surface area contributed by atoms with E-state index in [1.807, 2.05) is 24.1 Å². The highest BCUT2D eigenvalue weighted by Gasteiger charge is 2.65. The lowest BCUT2D eigenvalue weighted by Crippen LogP contribution is -2.61. The molecule has 0 saturated carbocycles. The molecule has 2 amide bonds. The third kappa shape index (κ3) is 2.41. The van der Waals surface area contributed by atoms with Gasteiger partial charge in [-0.25, -0.2) is 0 Å². The fourth-order valence-electron chi connectivity index (χ4n) is 5.56. The number of benzene rings is 1. The van der Waals surface area contributed by atoms with Crippen LogP contribution in [0.5, 0.6) is 11.5 Å². The van der Waals surface area contributed by atoms with Crippen molar-refractivity contribution in [3.05, 3.63) is 35.4 Å². The highest BCUT2D eigenvalue weighted by molar-refractivity contribution is 6.05. The summed E-state index contributed by atoms with van der Waals surface area (Å²) in [5.74, 6) is 1.39. The van der Waals surface area contributed by atoms with Crippen molar-refractivity contribution in [1.82, 2.24) is 9.80 Å². The summed E-state index contributed by atoms with van der Waals surface area (Å²) in [6, 6.07) is 3.05. The van der Waals surface area contributed by atoms with E-state index in [1.54, 1.807) is 18.1 Å². The highest BCUT2D eigenvalue weighted by Crippen LogP contribution is 2.54. The van der Waals surface area contributed by atoms with Gasteiger partial charge in [0.2, 0.25) is 12.7 Å². The smallest absolute Gasteiger partial charge is 0.255 e. The van der Waals surface area contributed by atoms with Crippen molar-refractivity contribution in [2.24, 2.45) is 5.92 Å². The number of hydrogen-bond donors (Lipinski definition) is 0. The maximum atomic E-state index is 13.7. The van der Waals surface area contributed by atoms with Crippen molar-refractivity contribution in [3.8, 4) is 11.5 Å². The van der Waals surface area contributed by atoms with E-state index < -0.39 is 11.5 Å². The molecule has 7 nitrogen and oxygen atoms in total. The molecule has 0 aromatic heterocycles. The van der Waals surface area contributed by atoms with Crippen LogP contribution in [-0.2, 0) is 14.9 Å². The normalized spacial score (nSPS) is 32.2. The predicted octanol–water partition coefficient (Wildman–Crippen LogP) is 2.34. The lowest BCUT2D eigenvalue weighted by Gasteiger charge is -2.48. The van der Waals surface area contributed by atoms with Crippen LogP contribution in [0.3, 0.4) is 0 Å². The van der Waals surface area contributed by atoms with Gasteiger partial charge in [0, 0.05) is 32.3 Å². The number of nitrogens with zero attached hydrogens (tertiary/aromatic N) is 2. The first-order valence-corrected chi connectivity index (χ1v) is 10.7. The molecule has 5 atom stereocenters. The van der Waals surface area contributed by atoms with Gasteiger partial charge in [-0.1, -0.05) is 32.4 Å². The molecule has 4 aliphatic rings. The Morgan fingerprint density at radius 1 is 1.27 bits per heavy atom. The van der Waals surface area contributed by atoms with Crippen LogP contribution in [0.4, 0.5) is 0 Å². The third-order valence-electron chi connectivity index (χ3n) is 7.39. The van der Waals surface area contributed by atoms with Crippen LogP contribution in [0.2, 0.25) is 0 Å². The first-order chi connectivity index (χ1) is 14.4. The molecule has 160 valence electrons. The molecule has 0 unspecified atom stereocenters. The van der Waals surface area contributed by atoms with Crippen molar-refractivity contribution in [1.29, 1.82) is 0 Å². The molecule has 1 spiro atoms. The van der Waals surface area contributed by atoms with Crippen molar-refractivity contribution in [3.63, 3.8) is 0 Å². The summed E-state index contributed by atoms with van der Waals surface area (Å²) in [4.78, 5) is 30.8. The van der Waals surface area contributed by atoms with E-state index in [0.717, 1.165) is 12.0 Å². The van der Waals surface area contributed by atoms with Gasteiger partial charge in [0.25, 0.3) is 5.91 Å². The quantitative estimate of drug-likeness (QED) is 0.710. The summed E-state index contributed by atoms with van der Waals surface area (Å²) >= 11 is 0. The van der Waals surface area contributed by atoms with Crippen LogP contribution in [0, 0.1) is 5.92 Å². The summed E-state index contributed by atoms with van der Waals surface area (Å²) in [7, 11) is 3.53. The minimum atomic E-state index is -0.626. The van der Waals surface area contributed by atoms with E-state index in [1.165, 1.54) is 0 Å². The van der Waals surface area contributed by atoms with Gasteiger partial charge in [0.1, 0.15) is 6.04 Å². The van der Waals surface area contributed by atoms with Crippen molar-refractivity contribution < 1.29 is 23.8 Å². The van der Waals surface area contributed by atoms with Gasteiger partial charge in [0.05, 0.1) is 11.5 Å². The Bertz CT molecular complexity index is 944. The molecule has 1 fully saturated rings. The lowest BCUT2D eigenvalue weighted by molar-refractivity contribution is -0.131. The second-order valence-corrected chi connectivity index (χ2v) is 8.89. The molecular weight excluding hydrogens is 384 g/mol. The number of ether oxygens (including phenoxy) is 3. The Balaban J connectivity index is 1.76. The summed E-state index contributed by atoms with van der Waals surface area (Å²) in [5, 5.41) is 0. The molecule has 3 heterocycles. The second kappa shape index (κ2) is 6.74. The van der Waals surface area contributed by atoms with Crippen molar-refractivity contribution in [2.75, 3.05) is 27.5 Å². The fourth-order valence-corrected chi connectivity index (χ4v) is 5.56. The van der Waals surface area contributed by atoms with Crippen LogP contribution >= 0.6 is 0 Å². The molecular formula is C23H28N2O5. The molecule has 0 bridgehead atoms. The van der Waals surface area contributed by atoms with E-state index in [-0.39, 0.29) is 36.7 Å². The van der Waals surface area contributed by atoms with Gasteiger partial charge >= 0.3 is 0 Å². The van der Waals surface area contributed by atoms with Crippen LogP contribution in [0.25, 0.3) is 0 Å². The van der Waals surface area contributed by atoms with Gasteiger partial charge in [-0.3, -0.25) is 9.59 Å². The zero-order valence-corrected chi connectivity index (χ0v) is 17.9. The number of amides is 2. The van der Waals surface area contributed by atoms with E-state index in [4.69, 9.17) is 14.2 Å². The SMILES string of the molecule is CC[C@H](C)CN1C(=O)c2cc3c(cc2[C@@]24C=C[C@@H](OC)C[C@@H]2N(C)C(=O)[C@@H]14)OCO3. The Labute approximate surface area is 176 Å². The Morgan fingerprint density at radius 3 is 2.70 bits per heavy atom. The average molecular weight is 412 g/mol. The summed E-state index contributed by atoms with van der Waals surface area (Å²) in [6.07, 6.45) is 5.71. The number of likely N-dealkylation sites (N-methyl/N-ethyl adjacent to an activating group) is 1. The van der Waals surface area contributed by atoms with Gasteiger partial charge in [-0.2, -0.15) is 0 Å². The Morgan fingerprint density at radius 2 is 2.00 bits per heavy atom. The number of likely N-dealkylation sites (tertiary alicyclic amines) is 1. The molecule has 1 saturated heterocycles. The van der Waals surface area contributed by atoms with Gasteiger partial charge in [0.15, 0.2) is 11.5 Å². The number of methoxy groups -OCH3 is 1. The molecule has 30 heavy (non-hydrogen) atoms. The maximum Gasteiger partial charge on any atom is 0.255 e. The minimum Gasteiger partial charge on any atom is -0.454 e. The second-order valence-electron chi connectivity index (χ2n) is 8.89. The first-order valence-electron chi connectivity index (χ1n) is 10.7. The number of carbonyl (C=O) groups is 2. The topological polar surface area (TPSA) is 68.3 Å². The lowest BCUT2D eigenvalue weighted by atomic mass is 9.63. The fraction of sp³-hybridized carbons (Fsp3) is 0.565. The van der Waals surface area contributed by atoms with Crippen LogP contribution in [0.1, 0.15) is 42.6 Å². The number of carbonyl (C=O) groups excluding carboxylic acids is 2. The number of rotatable bonds is 4. The van der Waals surface area contributed by atoms with Crippen molar-refractivity contribution in [2.45, 2.75) is 50.3 Å². The van der Waals surface area contributed by atoms with Crippen LogP contribution < -0.4 is 9.47 Å². The number of hydrogen-bond acceptors (Lipinski definition) is 5. The highest BCUT2D eigenvalue weighted by atomic mass is 16.7. The Kier molecular flexibility index (Phi) is 4.36. The molecule has 1 aromatic carbocycles. The molecule has 0 radical (unpaired) electrons. The zero-order chi connectivity index (χ0) is 21.2. The molecule has 0 N–H and O–H groups in total. The van der Waals surface area contributed by atoms with Gasteiger partial charge in [-0.15, -0.1) is 0 Å². The largest absolute Gasteiger partial charge is 0.454 e. The van der Waals surface area contributed by atoms with E-state index >= 15 is 0 Å². The monoisotopic (exact) mass is 412 g/mol. The molecule has 7 heteroatoms. The summed E-state index contributed by atoms with van der Waals surface area (Å²) < 4.78 is 16.8. The third-order valence-corrected chi connectivity index (χ3v) is 7.39. The zero-order valence-electron chi connectivity index (χ0n) is 17.9. The maximum absolute atomic E-state index is 13.7. The van der Waals surface area contributed by atoms with Gasteiger partial charge in [-0.05, 0) is 30.0 Å². The minimum absolute atomic E-state index is 0.0126. The number of fused-ring (bicyclic) bond motifs is 2. The summed E-state index contributed by atoms with van der Waals surface area (Å²) in [6.45, 7) is 4.91. The van der Waals surface area contributed by atoms with Crippen LogP contribution in [0.15, 0.2) is 24.3 Å². The van der Waals surface area contributed by atoms with Crippen LogP contribution in [-0.4, -0.2) is 67.3 Å². The summed E-state index contributed by atoms with van der Waals surface area (Å²) in [5.41, 5.74) is 0.835. The van der Waals surface area contributed by atoms with E-state index in [0.29, 0.717) is 30.0 Å². The molecule has 1 aliphatic carbocycles. The van der Waals surface area contributed by atoms with Crippen molar-refractivity contribution >= 4 is 11.8 Å². The first kappa shape index (κ1) is 19.4. The van der Waals surface area contributed by atoms with E-state index in [2.05, 4.69) is 19.9 Å². The predicted molar refractivity (Wildman–Crippen MR) is 110 cm³/mol. The Hall–Kier alpha value is -2.54. The average Bonchev–Trinajstić information content (AvgIpc) is 3.31. The van der Waals surface area contributed by atoms with E-state index in [9.17, 15) is 9.59 Å². The standard InChI is InChI=1S/C23H28N2O5/c1-5-13(2)11-25-20-22(27)24(3)19-8-14(28-4)6-7-23(19,20)16-10-18-17(29-12-30-18)9-15(16)21(25)26/h6-7,9-10,13-14,19-20H,5,8,11-12H2,1-4H3/t13-,14+,19-,20+,23-/m0/s1.